The first kappa shape index (κ1) is 17.3. The van der Waals surface area contributed by atoms with Crippen LogP contribution in [0.25, 0.3) is 21.7 Å². The van der Waals surface area contributed by atoms with Gasteiger partial charge in [-0.15, -0.1) is 0 Å². The SMILES string of the molecule is Cc1cc(NCCCCN2CCOCC2)nc2c1ccc1ccccc12. The highest BCUT2D eigenvalue weighted by atomic mass is 16.5. The van der Waals surface area contributed by atoms with Crippen molar-refractivity contribution < 1.29 is 4.74 Å². The number of rotatable bonds is 6. The summed E-state index contributed by atoms with van der Waals surface area (Å²) in [5, 5.41) is 7.23. The highest BCUT2D eigenvalue weighted by Crippen LogP contribution is 2.27. The fourth-order valence-electron chi connectivity index (χ4n) is 3.72. The molecule has 26 heavy (non-hydrogen) atoms. The standard InChI is InChI=1S/C22H27N3O/c1-17-16-21(23-10-4-5-11-25-12-14-26-15-13-25)24-22-19(17)9-8-18-6-2-3-7-20(18)22/h2-3,6-9,16H,4-5,10-15H2,1H3,(H,23,24). The molecule has 0 saturated carbocycles. The fraction of sp³-hybridized carbons (Fsp3) is 0.409. The first-order valence-electron chi connectivity index (χ1n) is 9.64. The molecular weight excluding hydrogens is 322 g/mol. The van der Waals surface area contributed by atoms with Crippen LogP contribution in [0, 0.1) is 6.92 Å². The Bertz CT molecular complexity index is 887. The number of aryl methyl sites for hydroxylation is 1. The van der Waals surface area contributed by atoms with Gasteiger partial charge in [-0.05, 0) is 43.3 Å². The predicted octanol–water partition coefficient (Wildman–Crippen LogP) is 4.22. The molecule has 0 radical (unpaired) electrons. The highest BCUT2D eigenvalue weighted by Gasteiger charge is 2.09. The Morgan fingerprint density at radius 2 is 1.88 bits per heavy atom. The Morgan fingerprint density at radius 1 is 1.04 bits per heavy atom. The Kier molecular flexibility index (Phi) is 5.32. The average molecular weight is 349 g/mol. The van der Waals surface area contributed by atoms with E-state index in [2.05, 4.69) is 59.6 Å². The van der Waals surface area contributed by atoms with Gasteiger partial charge in [0.25, 0.3) is 0 Å². The van der Waals surface area contributed by atoms with Gasteiger partial charge in [0.2, 0.25) is 0 Å². The number of pyridine rings is 1. The summed E-state index contributed by atoms with van der Waals surface area (Å²) < 4.78 is 5.40. The van der Waals surface area contributed by atoms with Crippen molar-refractivity contribution in [1.29, 1.82) is 0 Å². The minimum atomic E-state index is 0.881. The maximum atomic E-state index is 5.40. The Labute approximate surface area is 155 Å². The second kappa shape index (κ2) is 8.02. The van der Waals surface area contributed by atoms with Crippen molar-refractivity contribution in [2.75, 3.05) is 44.7 Å². The van der Waals surface area contributed by atoms with Crippen LogP contribution < -0.4 is 5.32 Å². The summed E-state index contributed by atoms with van der Waals surface area (Å²) in [4.78, 5) is 7.41. The summed E-state index contributed by atoms with van der Waals surface area (Å²) in [6, 6.07) is 15.0. The van der Waals surface area contributed by atoms with Crippen molar-refractivity contribution in [3.8, 4) is 0 Å². The molecule has 0 spiro atoms. The third-order valence-electron chi connectivity index (χ3n) is 5.22. The van der Waals surface area contributed by atoms with Crippen LogP contribution in [0.15, 0.2) is 42.5 Å². The van der Waals surface area contributed by atoms with Gasteiger partial charge in [-0.3, -0.25) is 4.90 Å². The van der Waals surface area contributed by atoms with Crippen LogP contribution in [0.5, 0.6) is 0 Å². The van der Waals surface area contributed by atoms with Crippen molar-refractivity contribution >= 4 is 27.5 Å². The summed E-state index contributed by atoms with van der Waals surface area (Å²) >= 11 is 0. The van der Waals surface area contributed by atoms with E-state index in [1.54, 1.807) is 0 Å². The molecule has 4 heteroatoms. The van der Waals surface area contributed by atoms with Gasteiger partial charge in [0.05, 0.1) is 18.7 Å². The van der Waals surface area contributed by atoms with Crippen LogP contribution >= 0.6 is 0 Å². The number of nitrogens with one attached hydrogen (secondary N) is 1. The van der Waals surface area contributed by atoms with E-state index in [1.165, 1.54) is 34.7 Å². The van der Waals surface area contributed by atoms with E-state index in [9.17, 15) is 0 Å². The number of benzene rings is 2. The number of unbranched alkanes of at least 4 members (excludes halogenated alkanes) is 1. The summed E-state index contributed by atoms with van der Waals surface area (Å²) in [6.07, 6.45) is 2.37. The molecule has 3 aromatic rings. The van der Waals surface area contributed by atoms with Gasteiger partial charge in [0.1, 0.15) is 5.82 Å². The number of fused-ring (bicyclic) bond motifs is 3. The Morgan fingerprint density at radius 3 is 2.77 bits per heavy atom. The highest BCUT2D eigenvalue weighted by molar-refractivity contribution is 6.06. The molecule has 1 N–H and O–H groups in total. The molecule has 136 valence electrons. The van der Waals surface area contributed by atoms with Crippen LogP contribution in [-0.2, 0) is 4.74 Å². The third kappa shape index (κ3) is 3.81. The lowest BCUT2D eigenvalue weighted by atomic mass is 10.0. The second-order valence-corrected chi connectivity index (χ2v) is 7.10. The van der Waals surface area contributed by atoms with Gasteiger partial charge in [0.15, 0.2) is 0 Å². The van der Waals surface area contributed by atoms with Gasteiger partial charge >= 0.3 is 0 Å². The van der Waals surface area contributed by atoms with Gasteiger partial charge in [-0.25, -0.2) is 4.98 Å². The second-order valence-electron chi connectivity index (χ2n) is 7.10. The smallest absolute Gasteiger partial charge is 0.126 e. The number of aromatic nitrogens is 1. The van der Waals surface area contributed by atoms with Crippen LogP contribution in [0.4, 0.5) is 5.82 Å². The molecule has 2 aromatic carbocycles. The Balaban J connectivity index is 1.41. The average Bonchev–Trinajstić information content (AvgIpc) is 2.68. The van der Waals surface area contributed by atoms with E-state index < -0.39 is 0 Å². The van der Waals surface area contributed by atoms with E-state index in [4.69, 9.17) is 9.72 Å². The Hall–Kier alpha value is -2.17. The minimum absolute atomic E-state index is 0.881. The molecule has 0 unspecified atom stereocenters. The first-order chi connectivity index (χ1) is 12.8. The van der Waals surface area contributed by atoms with Crippen LogP contribution in [-0.4, -0.2) is 49.3 Å². The predicted molar refractivity (Wildman–Crippen MR) is 109 cm³/mol. The number of anilines is 1. The van der Waals surface area contributed by atoms with Crippen molar-refractivity contribution in [3.63, 3.8) is 0 Å². The molecule has 1 fully saturated rings. The van der Waals surface area contributed by atoms with Crippen molar-refractivity contribution in [2.45, 2.75) is 19.8 Å². The number of hydrogen-bond donors (Lipinski definition) is 1. The lowest BCUT2D eigenvalue weighted by molar-refractivity contribution is 0.0373. The van der Waals surface area contributed by atoms with E-state index in [-0.39, 0.29) is 0 Å². The van der Waals surface area contributed by atoms with Gasteiger partial charge < -0.3 is 10.1 Å². The van der Waals surface area contributed by atoms with E-state index in [0.717, 1.165) is 50.6 Å². The van der Waals surface area contributed by atoms with Gasteiger partial charge in [-0.1, -0.05) is 36.4 Å². The molecular formula is C22H27N3O. The van der Waals surface area contributed by atoms with E-state index in [0.29, 0.717) is 0 Å². The number of ether oxygens (including phenoxy) is 1. The molecule has 4 nitrogen and oxygen atoms in total. The van der Waals surface area contributed by atoms with E-state index >= 15 is 0 Å². The summed E-state index contributed by atoms with van der Waals surface area (Å²) in [5.41, 5.74) is 2.37. The van der Waals surface area contributed by atoms with Gasteiger partial charge in [0, 0.05) is 30.4 Å². The summed E-state index contributed by atoms with van der Waals surface area (Å²) in [5.74, 6) is 0.984. The quantitative estimate of drug-likeness (QED) is 0.534. The number of nitrogens with zero attached hydrogens (tertiary/aromatic N) is 2. The molecule has 1 aliphatic heterocycles. The number of morpholine rings is 1. The lowest BCUT2D eigenvalue weighted by Crippen LogP contribution is -2.36. The maximum absolute atomic E-state index is 5.40. The zero-order chi connectivity index (χ0) is 17.8. The normalized spacial score (nSPS) is 15.6. The molecule has 4 rings (SSSR count). The maximum Gasteiger partial charge on any atom is 0.126 e. The largest absolute Gasteiger partial charge is 0.379 e. The minimum Gasteiger partial charge on any atom is -0.379 e. The zero-order valence-corrected chi connectivity index (χ0v) is 15.5. The molecule has 2 heterocycles. The molecule has 1 aromatic heterocycles. The van der Waals surface area contributed by atoms with Crippen LogP contribution in [0.2, 0.25) is 0 Å². The fourth-order valence-corrected chi connectivity index (χ4v) is 3.72. The third-order valence-corrected chi connectivity index (χ3v) is 5.22. The molecule has 0 aliphatic carbocycles. The van der Waals surface area contributed by atoms with Crippen molar-refractivity contribution in [1.82, 2.24) is 9.88 Å². The molecule has 0 atom stereocenters. The summed E-state index contributed by atoms with van der Waals surface area (Å²) in [7, 11) is 0. The molecule has 0 bridgehead atoms. The van der Waals surface area contributed by atoms with Crippen molar-refractivity contribution in [2.24, 2.45) is 0 Å². The summed E-state index contributed by atoms with van der Waals surface area (Å²) in [6.45, 7) is 8.21. The van der Waals surface area contributed by atoms with Gasteiger partial charge in [-0.2, -0.15) is 0 Å². The van der Waals surface area contributed by atoms with Crippen molar-refractivity contribution in [3.05, 3.63) is 48.0 Å². The molecule has 1 aliphatic rings. The lowest BCUT2D eigenvalue weighted by Gasteiger charge is -2.26. The first-order valence-corrected chi connectivity index (χ1v) is 9.64. The number of hydrogen-bond acceptors (Lipinski definition) is 4. The van der Waals surface area contributed by atoms with E-state index in [1.807, 2.05) is 0 Å². The molecule has 0 amide bonds. The molecule has 1 saturated heterocycles. The topological polar surface area (TPSA) is 37.4 Å². The monoisotopic (exact) mass is 349 g/mol. The van der Waals surface area contributed by atoms with Crippen LogP contribution in [0.1, 0.15) is 18.4 Å². The van der Waals surface area contributed by atoms with Crippen LogP contribution in [0.3, 0.4) is 0 Å². The zero-order valence-electron chi connectivity index (χ0n) is 15.5.